The molecule has 2 aliphatic rings. The van der Waals surface area contributed by atoms with Gasteiger partial charge in [-0.3, -0.25) is 4.99 Å². The maximum absolute atomic E-state index is 5.23. The molecule has 0 amide bonds. The Labute approximate surface area is 175 Å². The van der Waals surface area contributed by atoms with Crippen molar-refractivity contribution in [3.63, 3.8) is 0 Å². The van der Waals surface area contributed by atoms with E-state index in [2.05, 4.69) is 41.2 Å². The van der Waals surface area contributed by atoms with Gasteiger partial charge in [0.25, 0.3) is 0 Å². The third-order valence-electron chi connectivity index (χ3n) is 5.16. The van der Waals surface area contributed by atoms with Gasteiger partial charge in [-0.1, -0.05) is 12.1 Å². The average Bonchev–Trinajstić information content (AvgIpc) is 3.38. The molecule has 1 aromatic carbocycles. The molecular weight excluding hydrogens is 439 g/mol. The van der Waals surface area contributed by atoms with Crippen molar-refractivity contribution in [1.29, 1.82) is 0 Å². The first-order valence-electron chi connectivity index (χ1n) is 9.56. The number of hydrogen-bond donors (Lipinski definition) is 1. The van der Waals surface area contributed by atoms with Gasteiger partial charge in [-0.05, 0) is 56.3 Å². The molecule has 5 nitrogen and oxygen atoms in total. The molecule has 1 atom stereocenters. The Morgan fingerprint density at radius 2 is 2.00 bits per heavy atom. The Morgan fingerprint density at radius 3 is 2.62 bits per heavy atom. The molecular formula is C20H33IN4O. The van der Waals surface area contributed by atoms with Crippen molar-refractivity contribution in [2.75, 3.05) is 40.3 Å². The largest absolute Gasteiger partial charge is 0.497 e. The smallest absolute Gasteiger partial charge is 0.193 e. The Hall–Kier alpha value is -1.02. The van der Waals surface area contributed by atoms with Crippen LogP contribution in [-0.2, 0) is 6.54 Å². The maximum Gasteiger partial charge on any atom is 0.193 e. The summed E-state index contributed by atoms with van der Waals surface area (Å²) in [6.45, 7) is 7.29. The first-order valence-corrected chi connectivity index (χ1v) is 9.56. The zero-order valence-corrected chi connectivity index (χ0v) is 18.6. The molecule has 6 heteroatoms. The van der Waals surface area contributed by atoms with Crippen LogP contribution in [0.15, 0.2) is 29.3 Å². The number of aliphatic imine (C=N–C) groups is 1. The van der Waals surface area contributed by atoms with Gasteiger partial charge >= 0.3 is 0 Å². The van der Waals surface area contributed by atoms with Crippen molar-refractivity contribution >= 4 is 29.9 Å². The first-order chi connectivity index (χ1) is 12.2. The van der Waals surface area contributed by atoms with Gasteiger partial charge in [-0.15, -0.1) is 24.0 Å². The zero-order chi connectivity index (χ0) is 17.6. The van der Waals surface area contributed by atoms with Gasteiger partial charge in [0.1, 0.15) is 5.75 Å². The fourth-order valence-electron chi connectivity index (χ4n) is 3.55. The van der Waals surface area contributed by atoms with Crippen LogP contribution in [0.25, 0.3) is 0 Å². The second-order valence-electron chi connectivity index (χ2n) is 7.28. The van der Waals surface area contributed by atoms with Crippen molar-refractivity contribution in [3.8, 4) is 5.75 Å². The molecule has 1 saturated carbocycles. The highest BCUT2D eigenvalue weighted by Gasteiger charge is 2.34. The number of ether oxygens (including phenoxy) is 1. The van der Waals surface area contributed by atoms with Gasteiger partial charge in [-0.25, -0.2) is 0 Å². The third kappa shape index (κ3) is 6.01. The Morgan fingerprint density at radius 1 is 1.27 bits per heavy atom. The number of benzene rings is 1. The molecule has 146 valence electrons. The maximum atomic E-state index is 5.23. The molecule has 1 aliphatic carbocycles. The summed E-state index contributed by atoms with van der Waals surface area (Å²) in [7, 11) is 3.81. The van der Waals surface area contributed by atoms with Crippen molar-refractivity contribution < 1.29 is 4.74 Å². The van der Waals surface area contributed by atoms with E-state index < -0.39 is 0 Å². The molecule has 0 spiro atoms. The van der Waals surface area contributed by atoms with Crippen LogP contribution in [-0.4, -0.2) is 62.1 Å². The number of methoxy groups -OCH3 is 1. The second-order valence-corrected chi connectivity index (χ2v) is 7.28. The fourth-order valence-corrected chi connectivity index (χ4v) is 3.55. The van der Waals surface area contributed by atoms with E-state index in [1.165, 1.54) is 37.9 Å². The highest BCUT2D eigenvalue weighted by Crippen LogP contribution is 2.31. The van der Waals surface area contributed by atoms with Crippen molar-refractivity contribution in [2.24, 2.45) is 10.9 Å². The zero-order valence-electron chi connectivity index (χ0n) is 16.3. The minimum absolute atomic E-state index is 0. The lowest BCUT2D eigenvalue weighted by Gasteiger charge is -2.23. The van der Waals surface area contributed by atoms with Gasteiger partial charge in [-0.2, -0.15) is 0 Å². The summed E-state index contributed by atoms with van der Waals surface area (Å²) >= 11 is 0. The molecule has 2 fully saturated rings. The second kappa shape index (κ2) is 10.3. The van der Waals surface area contributed by atoms with Crippen LogP contribution in [0.4, 0.5) is 0 Å². The summed E-state index contributed by atoms with van der Waals surface area (Å²) in [5.41, 5.74) is 1.26. The van der Waals surface area contributed by atoms with Crippen molar-refractivity contribution in [3.05, 3.63) is 29.8 Å². The topological polar surface area (TPSA) is 40.1 Å². The lowest BCUT2D eigenvalue weighted by atomic mass is 10.1. The van der Waals surface area contributed by atoms with Crippen LogP contribution in [0.2, 0.25) is 0 Å². The number of nitrogens with one attached hydrogen (secondary N) is 1. The molecule has 1 saturated heterocycles. The SMILES string of the molecule is CCNC(=NCC1CCN(C2CC2)C1)N(C)Cc1ccc(OC)cc1.I. The first kappa shape index (κ1) is 21.3. The third-order valence-corrected chi connectivity index (χ3v) is 5.16. The van der Waals surface area contributed by atoms with Gasteiger partial charge in [0.15, 0.2) is 5.96 Å². The summed E-state index contributed by atoms with van der Waals surface area (Å²) < 4.78 is 5.23. The number of guanidine groups is 1. The molecule has 1 aromatic rings. The van der Waals surface area contributed by atoms with E-state index in [9.17, 15) is 0 Å². The van der Waals surface area contributed by atoms with Crippen LogP contribution in [0.3, 0.4) is 0 Å². The molecule has 1 N–H and O–H groups in total. The van der Waals surface area contributed by atoms with E-state index in [4.69, 9.17) is 9.73 Å². The average molecular weight is 472 g/mol. The van der Waals surface area contributed by atoms with E-state index in [1.54, 1.807) is 7.11 Å². The highest BCUT2D eigenvalue weighted by molar-refractivity contribution is 14.0. The van der Waals surface area contributed by atoms with Gasteiger partial charge in [0.2, 0.25) is 0 Å². The number of hydrogen-bond acceptors (Lipinski definition) is 3. The molecule has 1 aliphatic heterocycles. The van der Waals surface area contributed by atoms with E-state index in [1.807, 2.05) is 12.1 Å². The lowest BCUT2D eigenvalue weighted by molar-refractivity contribution is 0.315. The standard InChI is InChI=1S/C20H32N4O.HI/c1-4-21-20(22-13-17-11-12-24(15-17)18-7-8-18)23(2)14-16-5-9-19(25-3)10-6-16;/h5-6,9-10,17-18H,4,7-8,11-15H2,1-3H3,(H,21,22);1H. The van der Waals surface area contributed by atoms with Crippen molar-refractivity contribution in [2.45, 2.75) is 38.8 Å². The predicted octanol–water partition coefficient (Wildman–Crippen LogP) is 3.19. The molecule has 1 heterocycles. The van der Waals surface area contributed by atoms with E-state index in [0.29, 0.717) is 5.92 Å². The summed E-state index contributed by atoms with van der Waals surface area (Å²) in [6.07, 6.45) is 4.11. The number of likely N-dealkylation sites (tertiary alicyclic amines) is 1. The summed E-state index contributed by atoms with van der Waals surface area (Å²) in [6, 6.07) is 9.14. The monoisotopic (exact) mass is 472 g/mol. The fraction of sp³-hybridized carbons (Fsp3) is 0.650. The van der Waals surface area contributed by atoms with Gasteiger partial charge < -0.3 is 19.9 Å². The van der Waals surface area contributed by atoms with Crippen LogP contribution >= 0.6 is 24.0 Å². The number of halogens is 1. The van der Waals surface area contributed by atoms with Crippen LogP contribution < -0.4 is 10.1 Å². The minimum atomic E-state index is 0. The molecule has 1 unspecified atom stereocenters. The summed E-state index contributed by atoms with van der Waals surface area (Å²) in [4.78, 5) is 9.79. The number of nitrogens with zero attached hydrogens (tertiary/aromatic N) is 3. The summed E-state index contributed by atoms with van der Waals surface area (Å²) in [5.74, 6) is 2.61. The molecule has 0 radical (unpaired) electrons. The normalized spacial score (nSPS) is 20.6. The Bertz CT molecular complexity index is 574. The Balaban J connectivity index is 0.00000243. The van der Waals surface area contributed by atoms with Crippen LogP contribution in [0.5, 0.6) is 5.75 Å². The van der Waals surface area contributed by atoms with Gasteiger partial charge in [0.05, 0.1) is 7.11 Å². The Kier molecular flexibility index (Phi) is 8.47. The molecule has 0 aromatic heterocycles. The quantitative estimate of drug-likeness (QED) is 0.376. The number of rotatable bonds is 7. The molecule has 0 bridgehead atoms. The van der Waals surface area contributed by atoms with Crippen LogP contribution in [0.1, 0.15) is 31.7 Å². The van der Waals surface area contributed by atoms with E-state index in [-0.39, 0.29) is 24.0 Å². The summed E-state index contributed by atoms with van der Waals surface area (Å²) in [5, 5.41) is 3.43. The van der Waals surface area contributed by atoms with Crippen LogP contribution in [0, 0.1) is 5.92 Å². The lowest BCUT2D eigenvalue weighted by Crippen LogP contribution is -2.39. The highest BCUT2D eigenvalue weighted by atomic mass is 127. The predicted molar refractivity (Wildman–Crippen MR) is 119 cm³/mol. The minimum Gasteiger partial charge on any atom is -0.497 e. The van der Waals surface area contributed by atoms with Crippen molar-refractivity contribution in [1.82, 2.24) is 15.1 Å². The van der Waals surface area contributed by atoms with E-state index in [0.717, 1.165) is 37.4 Å². The molecule has 26 heavy (non-hydrogen) atoms. The molecule has 3 rings (SSSR count). The van der Waals surface area contributed by atoms with Gasteiger partial charge in [0, 0.05) is 39.3 Å². The van der Waals surface area contributed by atoms with E-state index >= 15 is 0 Å².